The van der Waals surface area contributed by atoms with Gasteiger partial charge in [0.05, 0.1) is 16.6 Å². The van der Waals surface area contributed by atoms with Crippen molar-refractivity contribution in [1.82, 2.24) is 8.97 Å². The normalized spacial score (nSPS) is 23.3. The van der Waals surface area contributed by atoms with E-state index in [2.05, 4.69) is 115 Å². The Labute approximate surface area is 274 Å². The average Bonchev–Trinajstić information content (AvgIpc) is 3.56. The van der Waals surface area contributed by atoms with Gasteiger partial charge in [-0.25, -0.2) is 0 Å². The van der Waals surface area contributed by atoms with Crippen molar-refractivity contribution in [3.63, 3.8) is 0 Å². The van der Waals surface area contributed by atoms with Gasteiger partial charge in [0.1, 0.15) is 17.1 Å². The molecular formula is C43H35BN2O. The molecule has 0 amide bonds. The van der Waals surface area contributed by atoms with Crippen LogP contribution in [0.25, 0.3) is 49.5 Å². The van der Waals surface area contributed by atoms with Crippen LogP contribution in [0.4, 0.5) is 0 Å². The van der Waals surface area contributed by atoms with E-state index in [4.69, 9.17) is 4.74 Å². The van der Waals surface area contributed by atoms with Crippen molar-refractivity contribution in [3.8, 4) is 11.5 Å². The molecule has 2 saturated carbocycles. The van der Waals surface area contributed by atoms with Gasteiger partial charge in [-0.3, -0.25) is 4.40 Å². The standard InChI is InChI=1S/C43H35BN2O/c1-22-8-6-9-23(2)39(22)41-24(3)45-38-20-29-18-32-30-16-25-14-27(30)17-28(15-25)31(32)21-35(29)46(38)34-12-7-10-26-19-37-42(43(45)40(26)34)44(41)33-11-4-5-13-36(33)47-37/h4-13,18-21,25,27-28,30H,14-17H2,1-3H3. The van der Waals surface area contributed by atoms with Gasteiger partial charge in [-0.1, -0.05) is 48.5 Å². The number of para-hydroxylation sites is 1. The van der Waals surface area contributed by atoms with E-state index in [-0.39, 0.29) is 6.71 Å². The SMILES string of the molecule is CC1=C(c2c(C)cccc2C)B2c3ccccc3Oc3cc4cccc5c4c(c32)n1c1cc2cc3c(cc2n51)C1CC2CC(C1)C3C2. The third-order valence-corrected chi connectivity index (χ3v) is 13.1. The fourth-order valence-electron chi connectivity index (χ4n) is 11.5. The highest BCUT2D eigenvalue weighted by Crippen LogP contribution is 2.61. The number of hydrogen-bond donors (Lipinski definition) is 0. The minimum absolute atomic E-state index is 0.0903. The van der Waals surface area contributed by atoms with Gasteiger partial charge in [-0.2, -0.15) is 0 Å². The molecule has 3 aliphatic carbocycles. The molecule has 226 valence electrons. The lowest BCUT2D eigenvalue weighted by atomic mass is 9.32. The Balaban J connectivity index is 1.28. The second-order valence-corrected chi connectivity index (χ2v) is 15.4. The van der Waals surface area contributed by atoms with Crippen LogP contribution in [0.3, 0.4) is 0 Å². The first kappa shape index (κ1) is 25.4. The van der Waals surface area contributed by atoms with Crippen molar-refractivity contribution in [2.45, 2.75) is 58.3 Å². The first-order chi connectivity index (χ1) is 23.0. The van der Waals surface area contributed by atoms with E-state index in [9.17, 15) is 0 Å². The number of fused-ring (bicyclic) bond motifs is 12. The van der Waals surface area contributed by atoms with Crippen LogP contribution in [0.2, 0.25) is 0 Å². The molecular weight excluding hydrogens is 571 g/mol. The van der Waals surface area contributed by atoms with Crippen LogP contribution in [-0.4, -0.2) is 15.7 Å². The van der Waals surface area contributed by atoms with E-state index in [1.807, 2.05) is 0 Å². The van der Waals surface area contributed by atoms with Crippen molar-refractivity contribution in [3.05, 3.63) is 113 Å². The number of aryl methyl sites for hydroxylation is 2. The van der Waals surface area contributed by atoms with Crippen LogP contribution < -0.4 is 15.7 Å². The summed E-state index contributed by atoms with van der Waals surface area (Å²) >= 11 is 0. The number of hydrogen-bond acceptors (Lipinski definition) is 1. The second kappa shape index (κ2) is 8.41. The first-order valence-corrected chi connectivity index (χ1v) is 17.7. The Morgan fingerprint density at radius 3 is 2.47 bits per heavy atom. The minimum Gasteiger partial charge on any atom is -0.458 e. The third kappa shape index (κ3) is 2.98. The quantitative estimate of drug-likeness (QED) is 0.170. The van der Waals surface area contributed by atoms with Crippen molar-refractivity contribution >= 4 is 67.2 Å². The van der Waals surface area contributed by atoms with Gasteiger partial charge in [-0.05, 0) is 156 Å². The Bertz CT molecular complexity index is 2610. The third-order valence-electron chi connectivity index (χ3n) is 13.1. The second-order valence-electron chi connectivity index (χ2n) is 15.4. The molecule has 4 heteroatoms. The molecule has 0 N–H and O–H groups in total. The van der Waals surface area contributed by atoms with E-state index < -0.39 is 0 Å². The molecule has 47 heavy (non-hydrogen) atoms. The molecule has 3 nitrogen and oxygen atoms in total. The molecule has 5 aromatic carbocycles. The number of allylic oxidation sites excluding steroid dienone is 1. The molecule has 0 spiro atoms. The van der Waals surface area contributed by atoms with E-state index >= 15 is 0 Å². The van der Waals surface area contributed by atoms with Gasteiger partial charge in [-0.15, -0.1) is 0 Å². The Morgan fingerprint density at radius 1 is 0.723 bits per heavy atom. The Morgan fingerprint density at radius 2 is 1.57 bits per heavy atom. The molecule has 5 aliphatic rings. The van der Waals surface area contributed by atoms with E-state index in [1.165, 1.54) is 103 Å². The molecule has 7 aromatic rings. The van der Waals surface area contributed by atoms with Crippen molar-refractivity contribution < 1.29 is 4.74 Å². The maximum atomic E-state index is 6.84. The summed E-state index contributed by atoms with van der Waals surface area (Å²) in [6, 6.07) is 32.4. The predicted octanol–water partition coefficient (Wildman–Crippen LogP) is 9.47. The number of nitrogens with zero attached hydrogens (tertiary/aromatic N) is 2. The van der Waals surface area contributed by atoms with Gasteiger partial charge >= 0.3 is 0 Å². The molecule has 2 fully saturated rings. The smallest absolute Gasteiger partial charge is 0.256 e. The van der Waals surface area contributed by atoms with Crippen LogP contribution in [0.5, 0.6) is 11.5 Å². The molecule has 0 radical (unpaired) electrons. The molecule has 4 unspecified atom stereocenters. The topological polar surface area (TPSA) is 18.6 Å². The highest BCUT2D eigenvalue weighted by Gasteiger charge is 2.47. The maximum absolute atomic E-state index is 6.84. The molecule has 4 atom stereocenters. The predicted molar refractivity (Wildman–Crippen MR) is 195 cm³/mol. The summed E-state index contributed by atoms with van der Waals surface area (Å²) in [5.41, 5.74) is 17.8. The van der Waals surface area contributed by atoms with Crippen molar-refractivity contribution in [2.75, 3.05) is 0 Å². The molecule has 3 bridgehead atoms. The zero-order valence-corrected chi connectivity index (χ0v) is 27.1. The minimum atomic E-state index is 0.0903. The summed E-state index contributed by atoms with van der Waals surface area (Å²) in [7, 11) is 0. The molecule has 2 aliphatic heterocycles. The Hall–Kier alpha value is -4.70. The summed E-state index contributed by atoms with van der Waals surface area (Å²) in [5, 5.41) is 3.96. The Kier molecular flexibility index (Phi) is 4.55. The van der Waals surface area contributed by atoms with Gasteiger partial charge in [0, 0.05) is 16.5 Å². The fourth-order valence-corrected chi connectivity index (χ4v) is 11.5. The molecule has 0 saturated heterocycles. The summed E-state index contributed by atoms with van der Waals surface area (Å²) in [6.07, 6.45) is 5.64. The van der Waals surface area contributed by atoms with Gasteiger partial charge in [0.25, 0.3) is 6.71 Å². The lowest BCUT2D eigenvalue weighted by Gasteiger charge is -2.37. The number of rotatable bonds is 1. The molecule has 4 heterocycles. The van der Waals surface area contributed by atoms with E-state index in [1.54, 1.807) is 11.1 Å². The van der Waals surface area contributed by atoms with E-state index in [0.29, 0.717) is 0 Å². The number of benzene rings is 5. The van der Waals surface area contributed by atoms with Gasteiger partial charge < -0.3 is 9.30 Å². The van der Waals surface area contributed by atoms with Crippen LogP contribution >= 0.6 is 0 Å². The highest BCUT2D eigenvalue weighted by atomic mass is 16.5. The van der Waals surface area contributed by atoms with Crippen molar-refractivity contribution in [1.29, 1.82) is 0 Å². The fraction of sp³-hybridized carbons (Fsp3) is 0.256. The summed E-state index contributed by atoms with van der Waals surface area (Å²) in [6.45, 7) is 7.02. The van der Waals surface area contributed by atoms with Crippen LogP contribution in [0, 0.1) is 25.7 Å². The largest absolute Gasteiger partial charge is 0.458 e. The average molecular weight is 607 g/mol. The van der Waals surface area contributed by atoms with Gasteiger partial charge in [0.2, 0.25) is 0 Å². The summed E-state index contributed by atoms with van der Waals surface area (Å²) in [4.78, 5) is 0. The maximum Gasteiger partial charge on any atom is 0.256 e. The summed E-state index contributed by atoms with van der Waals surface area (Å²) in [5.74, 6) is 5.28. The summed E-state index contributed by atoms with van der Waals surface area (Å²) < 4.78 is 12.0. The van der Waals surface area contributed by atoms with Crippen LogP contribution in [0.1, 0.15) is 72.3 Å². The van der Waals surface area contributed by atoms with Crippen LogP contribution in [0.15, 0.2) is 84.9 Å². The van der Waals surface area contributed by atoms with Crippen molar-refractivity contribution in [2.24, 2.45) is 11.8 Å². The highest BCUT2D eigenvalue weighted by molar-refractivity contribution is 7.03. The lowest BCUT2D eigenvalue weighted by Crippen LogP contribution is -2.51. The van der Waals surface area contributed by atoms with Crippen LogP contribution in [-0.2, 0) is 0 Å². The molecule has 2 aromatic heterocycles. The zero-order valence-electron chi connectivity index (χ0n) is 27.1. The first-order valence-electron chi connectivity index (χ1n) is 17.7. The lowest BCUT2D eigenvalue weighted by molar-refractivity contribution is 0.297. The monoisotopic (exact) mass is 606 g/mol. The van der Waals surface area contributed by atoms with E-state index in [0.717, 1.165) is 35.2 Å². The number of ether oxygens (including phenoxy) is 1. The molecule has 12 rings (SSSR count). The van der Waals surface area contributed by atoms with Gasteiger partial charge in [0.15, 0.2) is 0 Å². The number of aromatic nitrogens is 2. The zero-order chi connectivity index (χ0) is 30.9.